The highest BCUT2D eigenvalue weighted by atomic mass is 32.1. The van der Waals surface area contributed by atoms with E-state index in [1.807, 2.05) is 46.1 Å². The molecular weight excluding hydrogens is 871 g/mol. The molecule has 2 aromatic heterocycles. The highest BCUT2D eigenvalue weighted by molar-refractivity contribution is 7.10. The van der Waals surface area contributed by atoms with Crippen LogP contribution in [0.4, 0.5) is 10.5 Å². The van der Waals surface area contributed by atoms with Crippen LogP contribution in [-0.4, -0.2) is 147 Å². The molecule has 7 rings (SSSR count). The topological polar surface area (TPSA) is 170 Å². The van der Waals surface area contributed by atoms with E-state index in [2.05, 4.69) is 66.9 Å². The highest BCUT2D eigenvalue weighted by Crippen LogP contribution is 2.46. The molecule has 2 saturated heterocycles. The molecule has 2 N–H and O–H groups in total. The summed E-state index contributed by atoms with van der Waals surface area (Å²) in [6, 6.07) is 6.73. The normalized spacial score (nSPS) is 24.1. The molecule has 1 aromatic carbocycles. The lowest BCUT2D eigenvalue weighted by molar-refractivity contribution is -0.433. The number of hydrogen-bond acceptors (Lipinski definition) is 11. The number of carbonyl (C=O) groups excluding carboxylic acids is 5. The van der Waals surface area contributed by atoms with Crippen molar-refractivity contribution >= 4 is 52.5 Å². The number of aromatic nitrogens is 2. The van der Waals surface area contributed by atoms with Crippen LogP contribution in [-0.2, 0) is 35.1 Å². The number of nitrogens with zero attached hydrogens (tertiary/aromatic N) is 7. The van der Waals surface area contributed by atoms with Crippen molar-refractivity contribution in [3.63, 3.8) is 0 Å². The van der Waals surface area contributed by atoms with Gasteiger partial charge in [-0.25, -0.2) is 15.2 Å². The first kappa shape index (κ1) is 49.4. The quantitative estimate of drug-likeness (QED) is 0.151. The summed E-state index contributed by atoms with van der Waals surface area (Å²) in [4.78, 5) is 84.7. The Morgan fingerprint density at radius 3 is 2.55 bits per heavy atom. The van der Waals surface area contributed by atoms with Gasteiger partial charge in [-0.05, 0) is 83.2 Å². The standard InChI is InChI=1S/C50H67N9O7S/c1-12-42(60)57-22-23-58(31(6)30(57)5)49(64)55(10)44(29(3)4)46(61)53-38-25-41-52-39(27-67-41)33-18-19-40-35(24-33)36(45(56(40)13-2)34-16-14-20-51-43(34)32(7)65-11)26-50(8,9)28-66-48(63)37-17-15-21-59(54-37)47(38)62/h12,14,16,18-20,24,27,29-32,36-38,44,54H,1,13,15,17,21-23,25-26,28H2,2-11H3/p+1/t30-,31+,32-,36?,37-,38-,44-/m0/s1. The fourth-order valence-corrected chi connectivity index (χ4v) is 11.0. The van der Waals surface area contributed by atoms with Crippen molar-refractivity contribution in [1.82, 2.24) is 40.4 Å². The number of rotatable bonds is 9. The summed E-state index contributed by atoms with van der Waals surface area (Å²) in [5.74, 6) is -1.99. The summed E-state index contributed by atoms with van der Waals surface area (Å²) in [6.07, 6.45) is 4.57. The first-order valence-corrected chi connectivity index (χ1v) is 24.5. The van der Waals surface area contributed by atoms with Gasteiger partial charge in [-0.15, -0.1) is 11.3 Å². The smallest absolute Gasteiger partial charge is 0.324 e. The SMILES string of the molecule is C=CC(=O)N1CCN(C(=O)N(C)[C@H](C(=O)N[C@H]2Cc3nc(cs3)-c3ccc4c(c3)C(CC(C)(C)COC(=O)[C@@H]3CCCN(N3)C2=O)C(c2cccnc2[C@H](C)OC)=[N+]4CC)C(C)C)[C@H](C)[C@@H]1C. The Balaban J connectivity index is 1.23. The second-order valence-corrected chi connectivity index (χ2v) is 20.4. The van der Waals surface area contributed by atoms with Crippen LogP contribution >= 0.6 is 11.3 Å². The number of thiazole rings is 1. The molecule has 4 aliphatic heterocycles. The first-order valence-electron chi connectivity index (χ1n) is 23.6. The van der Waals surface area contributed by atoms with Crippen molar-refractivity contribution in [2.24, 2.45) is 11.3 Å². The lowest BCUT2D eigenvalue weighted by Crippen LogP contribution is -2.65. The Kier molecular flexibility index (Phi) is 15.0. The van der Waals surface area contributed by atoms with E-state index in [9.17, 15) is 24.0 Å². The van der Waals surface area contributed by atoms with Gasteiger partial charge in [0.05, 0.1) is 46.6 Å². The zero-order valence-electron chi connectivity index (χ0n) is 40.7. The molecule has 4 aliphatic rings. The van der Waals surface area contributed by atoms with Gasteiger partial charge >= 0.3 is 12.0 Å². The zero-order valence-corrected chi connectivity index (χ0v) is 41.5. The number of esters is 1. The summed E-state index contributed by atoms with van der Waals surface area (Å²) in [6.45, 7) is 21.3. The number of piperazine rings is 1. The maximum absolute atomic E-state index is 14.7. The maximum atomic E-state index is 14.7. The lowest BCUT2D eigenvalue weighted by atomic mass is 9.77. The Morgan fingerprint density at radius 1 is 1.12 bits per heavy atom. The second kappa shape index (κ2) is 20.4. The Bertz CT molecular complexity index is 2420. The molecule has 360 valence electrons. The molecule has 3 aromatic rings. The van der Waals surface area contributed by atoms with Crippen LogP contribution in [0.25, 0.3) is 11.3 Å². The molecule has 5 amide bonds. The van der Waals surface area contributed by atoms with E-state index in [0.29, 0.717) is 43.9 Å². The van der Waals surface area contributed by atoms with Crippen LogP contribution in [0.5, 0.6) is 0 Å². The minimum atomic E-state index is -1.09. The number of hydrazine groups is 1. The zero-order chi connectivity index (χ0) is 48.5. The highest BCUT2D eigenvalue weighted by Gasteiger charge is 2.45. The minimum Gasteiger partial charge on any atom is -0.464 e. The van der Waals surface area contributed by atoms with E-state index in [0.717, 1.165) is 39.5 Å². The number of fused-ring (bicyclic) bond motifs is 6. The average Bonchev–Trinajstić information content (AvgIpc) is 3.91. The minimum absolute atomic E-state index is 0.0730. The number of benzene rings is 1. The molecule has 0 radical (unpaired) electrons. The lowest BCUT2D eigenvalue weighted by Gasteiger charge is -2.46. The third-order valence-electron chi connectivity index (χ3n) is 14.0. The first-order chi connectivity index (χ1) is 31.9. The predicted molar refractivity (Wildman–Crippen MR) is 257 cm³/mol. The van der Waals surface area contributed by atoms with Gasteiger partial charge in [0.25, 0.3) is 5.91 Å². The van der Waals surface area contributed by atoms with E-state index >= 15 is 0 Å². The third-order valence-corrected chi connectivity index (χ3v) is 14.9. The number of ether oxygens (including phenoxy) is 2. The summed E-state index contributed by atoms with van der Waals surface area (Å²) in [7, 11) is 3.29. The molecule has 6 heterocycles. The van der Waals surface area contributed by atoms with Gasteiger partial charge in [-0.3, -0.25) is 29.2 Å². The molecule has 1 unspecified atom stereocenters. The van der Waals surface area contributed by atoms with Crippen molar-refractivity contribution in [2.45, 2.75) is 123 Å². The predicted octanol–water partition coefficient (Wildman–Crippen LogP) is 5.84. The molecule has 67 heavy (non-hydrogen) atoms. The number of methoxy groups -OCH3 is 1. The Hall–Kier alpha value is -5.52. The van der Waals surface area contributed by atoms with E-state index in [-0.39, 0.29) is 61.5 Å². The van der Waals surface area contributed by atoms with Crippen molar-refractivity contribution in [3.8, 4) is 11.3 Å². The summed E-state index contributed by atoms with van der Waals surface area (Å²) in [5, 5.41) is 7.09. The van der Waals surface area contributed by atoms with Gasteiger partial charge in [0.15, 0.2) is 5.71 Å². The van der Waals surface area contributed by atoms with E-state index < -0.39 is 41.3 Å². The molecular formula is C50H68N9O7S+. The third kappa shape index (κ3) is 10.0. The van der Waals surface area contributed by atoms with Gasteiger partial charge in [-0.2, -0.15) is 4.58 Å². The number of cyclic esters (lactones) is 1. The maximum Gasteiger partial charge on any atom is 0.324 e. The fraction of sp³-hybridized carbons (Fsp3) is 0.560. The molecule has 2 fully saturated rings. The van der Waals surface area contributed by atoms with Crippen LogP contribution in [0.1, 0.15) is 109 Å². The Morgan fingerprint density at radius 2 is 1.85 bits per heavy atom. The Labute approximate surface area is 398 Å². The molecule has 0 spiro atoms. The van der Waals surface area contributed by atoms with Crippen LogP contribution in [0.3, 0.4) is 0 Å². The van der Waals surface area contributed by atoms with E-state index in [4.69, 9.17) is 19.4 Å². The monoisotopic (exact) mass is 938 g/mol. The molecule has 7 atom stereocenters. The van der Waals surface area contributed by atoms with E-state index in [1.165, 1.54) is 27.3 Å². The van der Waals surface area contributed by atoms with Gasteiger partial charge in [-0.1, -0.05) is 34.3 Å². The van der Waals surface area contributed by atoms with Gasteiger partial charge in [0.1, 0.15) is 24.7 Å². The van der Waals surface area contributed by atoms with Crippen molar-refractivity contribution in [2.75, 3.05) is 46.9 Å². The molecule has 0 saturated carbocycles. The van der Waals surface area contributed by atoms with Crippen molar-refractivity contribution in [1.29, 1.82) is 0 Å². The van der Waals surface area contributed by atoms with Gasteiger partial charge in [0.2, 0.25) is 17.5 Å². The van der Waals surface area contributed by atoms with Crippen LogP contribution in [0.15, 0.2) is 54.6 Å². The molecule has 0 aliphatic carbocycles. The number of likely N-dealkylation sites (N-methyl/N-ethyl adjacent to an activating group) is 1. The van der Waals surface area contributed by atoms with Gasteiger partial charge in [0, 0.05) is 80.4 Å². The summed E-state index contributed by atoms with van der Waals surface area (Å²) >= 11 is 1.41. The average molecular weight is 939 g/mol. The molecule has 17 heteroatoms. The summed E-state index contributed by atoms with van der Waals surface area (Å²) in [5.41, 5.74) is 9.53. The van der Waals surface area contributed by atoms with Crippen LogP contribution in [0, 0.1) is 11.3 Å². The number of carbonyl (C=O) groups is 5. The van der Waals surface area contributed by atoms with Crippen LogP contribution < -0.4 is 10.7 Å². The largest absolute Gasteiger partial charge is 0.464 e. The second-order valence-electron chi connectivity index (χ2n) is 19.4. The number of hydrogen-bond donors (Lipinski definition) is 2. The molecule has 6 bridgehead atoms. The fourth-order valence-electron chi connectivity index (χ4n) is 10.2. The number of amides is 5. The number of pyridine rings is 1. The number of urea groups is 1. The van der Waals surface area contributed by atoms with Gasteiger partial charge < -0.3 is 29.5 Å². The van der Waals surface area contributed by atoms with Crippen LogP contribution in [0.2, 0.25) is 0 Å². The summed E-state index contributed by atoms with van der Waals surface area (Å²) < 4.78 is 14.3. The molecule has 16 nitrogen and oxygen atoms in total. The van der Waals surface area contributed by atoms with Crippen molar-refractivity contribution in [3.05, 3.63) is 76.4 Å². The van der Waals surface area contributed by atoms with Crippen molar-refractivity contribution < 1.29 is 38.0 Å². The number of nitrogens with one attached hydrogen (secondary N) is 2. The van der Waals surface area contributed by atoms with E-state index in [1.54, 1.807) is 30.2 Å².